The summed E-state index contributed by atoms with van der Waals surface area (Å²) in [5.74, 6) is 2.62. The number of likely N-dealkylation sites (tertiary alicyclic amines) is 1. The number of piperazine rings is 1. The van der Waals surface area contributed by atoms with Gasteiger partial charge in [-0.15, -0.1) is 0 Å². The molecule has 7 heteroatoms. The van der Waals surface area contributed by atoms with Crippen molar-refractivity contribution < 1.29 is 9.21 Å². The van der Waals surface area contributed by atoms with Gasteiger partial charge in [-0.05, 0) is 38.1 Å². The fourth-order valence-electron chi connectivity index (χ4n) is 4.09. The Balaban J connectivity index is 1.21. The molecule has 2 aromatic rings. The van der Waals surface area contributed by atoms with Crippen molar-refractivity contribution >= 4 is 5.91 Å². The number of hydrogen-bond acceptors (Lipinski definition) is 5. The van der Waals surface area contributed by atoms with Gasteiger partial charge in [0.05, 0.1) is 19.4 Å². The van der Waals surface area contributed by atoms with Gasteiger partial charge in [0.25, 0.3) is 0 Å². The molecule has 0 atom stereocenters. The van der Waals surface area contributed by atoms with Gasteiger partial charge in [0.15, 0.2) is 0 Å². The molecule has 2 saturated heterocycles. The summed E-state index contributed by atoms with van der Waals surface area (Å²) in [6.45, 7) is 7.15. The first-order valence-corrected chi connectivity index (χ1v) is 9.91. The first-order chi connectivity index (χ1) is 13.2. The fourth-order valence-corrected chi connectivity index (χ4v) is 4.09. The van der Waals surface area contributed by atoms with Crippen LogP contribution in [0.15, 0.2) is 35.2 Å². The Morgan fingerprint density at radius 3 is 2.48 bits per heavy atom. The molecule has 0 spiro atoms. The number of piperidine rings is 1. The number of rotatable bonds is 5. The lowest BCUT2D eigenvalue weighted by Crippen LogP contribution is -2.51. The maximum absolute atomic E-state index is 12.9. The summed E-state index contributed by atoms with van der Waals surface area (Å²) < 4.78 is 7.50. The monoisotopic (exact) mass is 371 g/mol. The highest BCUT2D eigenvalue weighted by molar-refractivity contribution is 5.79. The number of carbonyl (C=O) groups is 1. The van der Waals surface area contributed by atoms with E-state index in [1.807, 2.05) is 31.6 Å². The van der Waals surface area contributed by atoms with Gasteiger partial charge in [-0.1, -0.05) is 0 Å². The Kier molecular flexibility index (Phi) is 5.59. The predicted molar refractivity (Wildman–Crippen MR) is 102 cm³/mol. The molecule has 2 aromatic heterocycles. The molecular formula is C20H29N5O2. The molecule has 0 aliphatic carbocycles. The van der Waals surface area contributed by atoms with Crippen LogP contribution in [-0.4, -0.2) is 69.4 Å². The zero-order chi connectivity index (χ0) is 18.6. The third-order valence-corrected chi connectivity index (χ3v) is 5.87. The zero-order valence-electron chi connectivity index (χ0n) is 16.1. The molecule has 4 heterocycles. The molecule has 0 bridgehead atoms. The van der Waals surface area contributed by atoms with Gasteiger partial charge in [0, 0.05) is 51.5 Å². The second-order valence-corrected chi connectivity index (χ2v) is 7.69. The minimum absolute atomic E-state index is 0.180. The summed E-state index contributed by atoms with van der Waals surface area (Å²) in [6, 6.07) is 3.95. The number of aryl methyl sites for hydroxylation is 1. The van der Waals surface area contributed by atoms with Gasteiger partial charge >= 0.3 is 0 Å². The smallest absolute Gasteiger partial charge is 0.225 e. The van der Waals surface area contributed by atoms with Gasteiger partial charge in [0.2, 0.25) is 5.91 Å². The summed E-state index contributed by atoms with van der Waals surface area (Å²) in [6.07, 6.45) is 7.44. The van der Waals surface area contributed by atoms with Crippen LogP contribution in [0.4, 0.5) is 0 Å². The molecule has 0 aromatic carbocycles. The van der Waals surface area contributed by atoms with E-state index in [1.165, 1.54) is 0 Å². The highest BCUT2D eigenvalue weighted by Crippen LogP contribution is 2.22. The SMILES string of the molecule is Cn1ccnc1CN1CCN(C(=O)C2CCN(Cc3ccco3)CC2)CC1. The average Bonchev–Trinajstić information content (AvgIpc) is 3.35. The van der Waals surface area contributed by atoms with Gasteiger partial charge in [-0.2, -0.15) is 0 Å². The zero-order valence-corrected chi connectivity index (χ0v) is 16.1. The number of hydrogen-bond donors (Lipinski definition) is 0. The van der Waals surface area contributed by atoms with Crippen LogP contribution >= 0.6 is 0 Å². The van der Waals surface area contributed by atoms with Gasteiger partial charge in [-0.25, -0.2) is 4.98 Å². The number of aromatic nitrogens is 2. The first-order valence-electron chi connectivity index (χ1n) is 9.91. The number of furan rings is 1. The molecule has 0 N–H and O–H groups in total. The first kappa shape index (κ1) is 18.3. The third kappa shape index (κ3) is 4.42. The standard InChI is InChI=1S/C20H29N5O2/c1-22-9-6-21-19(22)16-24-10-12-25(13-11-24)20(26)17-4-7-23(8-5-17)15-18-3-2-14-27-18/h2-3,6,9,14,17H,4-5,7-8,10-13,15-16H2,1H3. The Bertz CT molecular complexity index is 725. The van der Waals surface area contributed by atoms with Crippen molar-refractivity contribution in [3.63, 3.8) is 0 Å². The lowest BCUT2D eigenvalue weighted by atomic mass is 9.95. The minimum Gasteiger partial charge on any atom is -0.468 e. The number of amides is 1. The third-order valence-electron chi connectivity index (χ3n) is 5.87. The van der Waals surface area contributed by atoms with E-state index >= 15 is 0 Å². The fraction of sp³-hybridized carbons (Fsp3) is 0.600. The molecular weight excluding hydrogens is 342 g/mol. The van der Waals surface area contributed by atoms with Crippen molar-refractivity contribution in [2.45, 2.75) is 25.9 Å². The van der Waals surface area contributed by atoms with E-state index in [4.69, 9.17) is 4.42 Å². The Morgan fingerprint density at radius 1 is 1.11 bits per heavy atom. The lowest BCUT2D eigenvalue weighted by molar-refractivity contribution is -0.139. The maximum Gasteiger partial charge on any atom is 0.225 e. The summed E-state index contributed by atoms with van der Waals surface area (Å²) in [7, 11) is 2.03. The number of carbonyl (C=O) groups excluding carboxylic acids is 1. The van der Waals surface area contributed by atoms with Crippen molar-refractivity contribution in [1.82, 2.24) is 24.3 Å². The van der Waals surface area contributed by atoms with E-state index in [0.29, 0.717) is 5.91 Å². The van der Waals surface area contributed by atoms with Crippen molar-refractivity contribution in [2.75, 3.05) is 39.3 Å². The second-order valence-electron chi connectivity index (χ2n) is 7.69. The highest BCUT2D eigenvalue weighted by atomic mass is 16.3. The molecule has 2 fully saturated rings. The van der Waals surface area contributed by atoms with E-state index in [1.54, 1.807) is 6.26 Å². The van der Waals surface area contributed by atoms with Gasteiger partial charge in [0.1, 0.15) is 11.6 Å². The van der Waals surface area contributed by atoms with Crippen LogP contribution < -0.4 is 0 Å². The van der Waals surface area contributed by atoms with Crippen LogP contribution in [0.2, 0.25) is 0 Å². The van der Waals surface area contributed by atoms with Crippen LogP contribution in [0.25, 0.3) is 0 Å². The van der Waals surface area contributed by atoms with Crippen LogP contribution in [0, 0.1) is 5.92 Å². The molecule has 146 valence electrons. The van der Waals surface area contributed by atoms with Crippen molar-refractivity contribution in [2.24, 2.45) is 13.0 Å². The molecule has 7 nitrogen and oxygen atoms in total. The van der Waals surface area contributed by atoms with Crippen molar-refractivity contribution in [3.05, 3.63) is 42.4 Å². The minimum atomic E-state index is 0.180. The maximum atomic E-state index is 12.9. The summed E-state index contributed by atoms with van der Waals surface area (Å²) in [4.78, 5) is 24.1. The molecule has 0 radical (unpaired) electrons. The number of nitrogens with zero attached hydrogens (tertiary/aromatic N) is 5. The van der Waals surface area contributed by atoms with E-state index in [9.17, 15) is 4.79 Å². The molecule has 0 saturated carbocycles. The van der Waals surface area contributed by atoms with E-state index in [-0.39, 0.29) is 5.92 Å². The molecule has 0 unspecified atom stereocenters. The van der Waals surface area contributed by atoms with Crippen molar-refractivity contribution in [1.29, 1.82) is 0 Å². The van der Waals surface area contributed by atoms with Gasteiger partial charge in [-0.3, -0.25) is 14.6 Å². The quantitative estimate of drug-likeness (QED) is 0.799. The molecule has 2 aliphatic rings. The topological polar surface area (TPSA) is 57.8 Å². The molecule has 4 rings (SSSR count). The average molecular weight is 371 g/mol. The largest absolute Gasteiger partial charge is 0.468 e. The van der Waals surface area contributed by atoms with Crippen molar-refractivity contribution in [3.8, 4) is 0 Å². The van der Waals surface area contributed by atoms with Crippen LogP contribution in [0.1, 0.15) is 24.4 Å². The lowest BCUT2D eigenvalue weighted by Gasteiger charge is -2.38. The molecule has 1 amide bonds. The van der Waals surface area contributed by atoms with E-state index in [2.05, 4.69) is 24.3 Å². The summed E-state index contributed by atoms with van der Waals surface area (Å²) in [5, 5.41) is 0. The van der Waals surface area contributed by atoms with E-state index in [0.717, 1.165) is 76.8 Å². The Labute approximate surface area is 160 Å². The van der Waals surface area contributed by atoms with Gasteiger partial charge < -0.3 is 13.9 Å². The summed E-state index contributed by atoms with van der Waals surface area (Å²) >= 11 is 0. The predicted octanol–water partition coefficient (Wildman–Crippen LogP) is 1.57. The Hall–Kier alpha value is -2.12. The molecule has 2 aliphatic heterocycles. The summed E-state index contributed by atoms with van der Waals surface area (Å²) in [5.41, 5.74) is 0. The Morgan fingerprint density at radius 2 is 1.85 bits per heavy atom. The second kappa shape index (κ2) is 8.27. The highest BCUT2D eigenvalue weighted by Gasteiger charge is 2.30. The van der Waals surface area contributed by atoms with Crippen LogP contribution in [0.3, 0.4) is 0 Å². The van der Waals surface area contributed by atoms with Crippen LogP contribution in [0.5, 0.6) is 0 Å². The van der Waals surface area contributed by atoms with E-state index < -0.39 is 0 Å². The molecule has 27 heavy (non-hydrogen) atoms. The normalized spacial score (nSPS) is 20.3. The number of imidazole rings is 1. The van der Waals surface area contributed by atoms with Crippen LogP contribution in [-0.2, 0) is 24.9 Å².